The predicted octanol–water partition coefficient (Wildman–Crippen LogP) is -0.328. The third-order valence-electron chi connectivity index (χ3n) is 3.61. The van der Waals surface area contributed by atoms with E-state index in [-0.39, 0.29) is 11.9 Å². The third-order valence-corrected chi connectivity index (χ3v) is 3.61. The van der Waals surface area contributed by atoms with Crippen molar-refractivity contribution in [1.29, 1.82) is 0 Å². The van der Waals surface area contributed by atoms with E-state index in [0.717, 1.165) is 31.7 Å². The molecule has 2 rings (SSSR count). The third kappa shape index (κ3) is 3.54. The number of carbonyl (C=O) groups is 1. The largest absolute Gasteiger partial charge is 0.340 e. The summed E-state index contributed by atoms with van der Waals surface area (Å²) in [5, 5.41) is 7.43. The quantitative estimate of drug-likeness (QED) is 0.810. The molecule has 1 amide bonds. The van der Waals surface area contributed by atoms with Crippen molar-refractivity contribution < 1.29 is 4.79 Å². The van der Waals surface area contributed by atoms with Gasteiger partial charge in [-0.1, -0.05) is 0 Å². The average molecular weight is 265 g/mol. The number of aryl methyl sites for hydroxylation is 1. The van der Waals surface area contributed by atoms with Crippen molar-refractivity contribution in [2.24, 2.45) is 7.05 Å². The molecule has 0 radical (unpaired) electrons. The van der Waals surface area contributed by atoms with Crippen LogP contribution >= 0.6 is 0 Å². The van der Waals surface area contributed by atoms with Gasteiger partial charge < -0.3 is 10.2 Å². The SMILES string of the molecule is CC(C(=O)N(C)Cc1cnn(C)c1)N1CCNCC1. The highest BCUT2D eigenvalue weighted by molar-refractivity contribution is 5.81. The van der Waals surface area contributed by atoms with Crippen LogP contribution in [0.2, 0.25) is 0 Å². The molecule has 1 aliphatic heterocycles. The number of hydrogen-bond donors (Lipinski definition) is 1. The fraction of sp³-hybridized carbons (Fsp3) is 0.692. The number of aromatic nitrogens is 2. The molecule has 0 aromatic carbocycles. The van der Waals surface area contributed by atoms with Gasteiger partial charge in [-0.3, -0.25) is 14.4 Å². The zero-order valence-electron chi connectivity index (χ0n) is 12.0. The highest BCUT2D eigenvalue weighted by atomic mass is 16.2. The Bertz CT molecular complexity index is 424. The summed E-state index contributed by atoms with van der Waals surface area (Å²) in [5.74, 6) is 0.172. The minimum Gasteiger partial charge on any atom is -0.340 e. The molecule has 0 aliphatic carbocycles. The lowest BCUT2D eigenvalue weighted by Gasteiger charge is -2.33. The molecule has 106 valence electrons. The molecule has 2 heterocycles. The minimum absolute atomic E-state index is 0.0521. The van der Waals surface area contributed by atoms with Crippen LogP contribution in [-0.4, -0.2) is 64.8 Å². The summed E-state index contributed by atoms with van der Waals surface area (Å²) >= 11 is 0. The van der Waals surface area contributed by atoms with E-state index in [9.17, 15) is 4.79 Å². The number of piperazine rings is 1. The van der Waals surface area contributed by atoms with Gasteiger partial charge in [-0.15, -0.1) is 0 Å². The molecule has 1 aromatic rings. The van der Waals surface area contributed by atoms with Crippen molar-refractivity contribution >= 4 is 5.91 Å². The minimum atomic E-state index is -0.0521. The topological polar surface area (TPSA) is 53.4 Å². The van der Waals surface area contributed by atoms with Crippen LogP contribution in [0, 0.1) is 0 Å². The summed E-state index contributed by atoms with van der Waals surface area (Å²) in [7, 11) is 3.74. The van der Waals surface area contributed by atoms with Crippen LogP contribution in [0.4, 0.5) is 0 Å². The lowest BCUT2D eigenvalue weighted by molar-refractivity contribution is -0.135. The molecule has 6 nitrogen and oxygen atoms in total. The molecule has 6 heteroatoms. The molecule has 1 atom stereocenters. The molecule has 1 N–H and O–H groups in total. The molecule has 19 heavy (non-hydrogen) atoms. The Morgan fingerprint density at radius 1 is 1.53 bits per heavy atom. The van der Waals surface area contributed by atoms with Gasteiger partial charge >= 0.3 is 0 Å². The Balaban J connectivity index is 1.90. The van der Waals surface area contributed by atoms with Crippen molar-refractivity contribution in [2.75, 3.05) is 33.2 Å². The van der Waals surface area contributed by atoms with Gasteiger partial charge in [-0.25, -0.2) is 0 Å². The first-order valence-corrected chi connectivity index (χ1v) is 6.75. The summed E-state index contributed by atoms with van der Waals surface area (Å²) in [6, 6.07) is -0.0521. The number of likely N-dealkylation sites (N-methyl/N-ethyl adjacent to an activating group) is 1. The van der Waals surface area contributed by atoms with E-state index in [0.29, 0.717) is 6.54 Å². The van der Waals surface area contributed by atoms with E-state index < -0.39 is 0 Å². The van der Waals surface area contributed by atoms with Gasteiger partial charge in [0.1, 0.15) is 0 Å². The standard InChI is InChI=1S/C13H23N5O/c1-11(18-6-4-14-5-7-18)13(19)16(2)9-12-8-15-17(3)10-12/h8,10-11,14H,4-7,9H2,1-3H3. The monoisotopic (exact) mass is 265 g/mol. The van der Waals surface area contributed by atoms with Crippen molar-refractivity contribution in [3.8, 4) is 0 Å². The van der Waals surface area contributed by atoms with Gasteiger partial charge in [0, 0.05) is 58.6 Å². The second kappa shape index (κ2) is 6.16. The van der Waals surface area contributed by atoms with Gasteiger partial charge in [0.15, 0.2) is 0 Å². The van der Waals surface area contributed by atoms with Crippen LogP contribution in [0.3, 0.4) is 0 Å². The molecular weight excluding hydrogens is 242 g/mol. The average Bonchev–Trinajstić information content (AvgIpc) is 2.83. The zero-order valence-corrected chi connectivity index (χ0v) is 12.0. The highest BCUT2D eigenvalue weighted by Crippen LogP contribution is 2.08. The van der Waals surface area contributed by atoms with Crippen molar-refractivity contribution in [3.05, 3.63) is 18.0 Å². The van der Waals surface area contributed by atoms with Crippen LogP contribution in [0.5, 0.6) is 0 Å². The van der Waals surface area contributed by atoms with E-state index in [1.165, 1.54) is 0 Å². The lowest BCUT2D eigenvalue weighted by Crippen LogP contribution is -2.52. The molecule has 1 aromatic heterocycles. The first-order chi connectivity index (χ1) is 9.08. The maximum atomic E-state index is 12.4. The predicted molar refractivity (Wildman–Crippen MR) is 73.6 cm³/mol. The number of amides is 1. The molecule has 0 bridgehead atoms. The maximum absolute atomic E-state index is 12.4. The molecule has 0 saturated carbocycles. The van der Waals surface area contributed by atoms with Crippen LogP contribution in [0.25, 0.3) is 0 Å². The second-order valence-corrected chi connectivity index (χ2v) is 5.18. The van der Waals surface area contributed by atoms with Gasteiger partial charge in [0.25, 0.3) is 0 Å². The summed E-state index contributed by atoms with van der Waals surface area (Å²) < 4.78 is 1.76. The highest BCUT2D eigenvalue weighted by Gasteiger charge is 2.25. The lowest BCUT2D eigenvalue weighted by atomic mass is 10.2. The second-order valence-electron chi connectivity index (χ2n) is 5.18. The van der Waals surface area contributed by atoms with Crippen LogP contribution in [-0.2, 0) is 18.4 Å². The summed E-state index contributed by atoms with van der Waals surface area (Å²) in [5.41, 5.74) is 1.06. The van der Waals surface area contributed by atoms with Gasteiger partial charge in [-0.2, -0.15) is 5.10 Å². The first kappa shape index (κ1) is 14.0. The van der Waals surface area contributed by atoms with Crippen molar-refractivity contribution in [3.63, 3.8) is 0 Å². The fourth-order valence-electron chi connectivity index (χ4n) is 2.45. The van der Waals surface area contributed by atoms with Gasteiger partial charge in [0.05, 0.1) is 12.2 Å². The first-order valence-electron chi connectivity index (χ1n) is 6.75. The van der Waals surface area contributed by atoms with Crippen molar-refractivity contribution in [1.82, 2.24) is 24.9 Å². The maximum Gasteiger partial charge on any atom is 0.239 e. The van der Waals surface area contributed by atoms with Gasteiger partial charge in [0.2, 0.25) is 5.91 Å². The summed E-state index contributed by atoms with van der Waals surface area (Å²) in [4.78, 5) is 16.4. The van der Waals surface area contributed by atoms with E-state index >= 15 is 0 Å². The van der Waals surface area contributed by atoms with Crippen LogP contribution < -0.4 is 5.32 Å². The Labute approximate surface area is 114 Å². The molecule has 1 unspecified atom stereocenters. The van der Waals surface area contributed by atoms with E-state index in [4.69, 9.17) is 0 Å². The molecule has 1 fully saturated rings. The zero-order chi connectivity index (χ0) is 13.8. The normalized spacial score (nSPS) is 18.3. The number of carbonyl (C=O) groups excluding carboxylic acids is 1. The van der Waals surface area contributed by atoms with E-state index in [1.54, 1.807) is 15.8 Å². The van der Waals surface area contributed by atoms with Crippen LogP contribution in [0.15, 0.2) is 12.4 Å². The molecule has 0 spiro atoms. The fourth-order valence-corrected chi connectivity index (χ4v) is 2.45. The van der Waals surface area contributed by atoms with E-state index in [1.807, 2.05) is 27.2 Å². The number of nitrogens with one attached hydrogen (secondary N) is 1. The molecule has 1 saturated heterocycles. The summed E-state index contributed by atoms with van der Waals surface area (Å²) in [6.07, 6.45) is 3.75. The van der Waals surface area contributed by atoms with E-state index in [2.05, 4.69) is 15.3 Å². The Morgan fingerprint density at radius 2 is 2.21 bits per heavy atom. The Kier molecular flexibility index (Phi) is 4.55. The number of rotatable bonds is 4. The Morgan fingerprint density at radius 3 is 2.79 bits per heavy atom. The molecular formula is C13H23N5O. The number of nitrogens with zero attached hydrogens (tertiary/aromatic N) is 4. The van der Waals surface area contributed by atoms with Crippen molar-refractivity contribution in [2.45, 2.75) is 19.5 Å². The molecule has 1 aliphatic rings. The van der Waals surface area contributed by atoms with Gasteiger partial charge in [-0.05, 0) is 6.92 Å². The summed E-state index contributed by atoms with van der Waals surface area (Å²) in [6.45, 7) is 6.41. The smallest absolute Gasteiger partial charge is 0.239 e. The Hall–Kier alpha value is -1.40. The number of hydrogen-bond acceptors (Lipinski definition) is 4. The van der Waals surface area contributed by atoms with Crippen LogP contribution in [0.1, 0.15) is 12.5 Å².